The molecule has 1 unspecified atom stereocenters. The predicted molar refractivity (Wildman–Crippen MR) is 103 cm³/mol. The van der Waals surface area contributed by atoms with E-state index in [-0.39, 0.29) is 31.1 Å². The van der Waals surface area contributed by atoms with Crippen molar-refractivity contribution >= 4 is 17.2 Å². The van der Waals surface area contributed by atoms with E-state index in [0.717, 1.165) is 12.8 Å². The van der Waals surface area contributed by atoms with Crippen molar-refractivity contribution in [3.8, 4) is 0 Å². The van der Waals surface area contributed by atoms with Gasteiger partial charge in [0.2, 0.25) is 0 Å². The number of carbonyl (C=O) groups excluding carboxylic acids is 1. The van der Waals surface area contributed by atoms with Crippen LogP contribution in [0.1, 0.15) is 60.8 Å². The number of hydrogen-bond acceptors (Lipinski definition) is 6. The monoisotopic (exact) mass is 404 g/mol. The van der Waals surface area contributed by atoms with Crippen molar-refractivity contribution in [1.29, 1.82) is 0 Å². The normalized spacial score (nSPS) is 24.8. The van der Waals surface area contributed by atoms with Crippen molar-refractivity contribution in [2.24, 2.45) is 5.41 Å². The van der Waals surface area contributed by atoms with Gasteiger partial charge in [-0.1, -0.05) is 34.6 Å². The first-order valence-corrected chi connectivity index (χ1v) is 10.6. The van der Waals surface area contributed by atoms with Crippen LogP contribution in [0.5, 0.6) is 0 Å². The largest absolute Gasteiger partial charge is 0.760 e. The van der Waals surface area contributed by atoms with Gasteiger partial charge in [0.1, 0.15) is 12.2 Å². The Labute approximate surface area is 165 Å². The minimum atomic E-state index is -2.54. The smallest absolute Gasteiger partial charge is 0.333 e. The summed E-state index contributed by atoms with van der Waals surface area (Å²) in [7, 11) is 0. The van der Waals surface area contributed by atoms with E-state index in [4.69, 9.17) is 9.47 Å². The summed E-state index contributed by atoms with van der Waals surface area (Å²) in [6, 6.07) is -0.786. The molecule has 0 heterocycles. The molecule has 158 valence electrons. The fourth-order valence-electron chi connectivity index (χ4n) is 3.15. The average molecular weight is 405 g/mol. The van der Waals surface area contributed by atoms with E-state index in [1.807, 2.05) is 34.6 Å². The van der Waals surface area contributed by atoms with Crippen molar-refractivity contribution < 1.29 is 28.1 Å². The van der Waals surface area contributed by atoms with Gasteiger partial charge < -0.3 is 19.1 Å². The first-order chi connectivity index (χ1) is 12.5. The van der Waals surface area contributed by atoms with E-state index in [2.05, 4.69) is 0 Å². The lowest BCUT2D eigenvalue weighted by atomic mass is 9.88. The number of esters is 1. The first-order valence-electron chi connectivity index (χ1n) is 9.61. The second kappa shape index (κ2) is 10.7. The second-order valence-corrected chi connectivity index (χ2v) is 8.97. The van der Waals surface area contributed by atoms with Gasteiger partial charge in [-0.25, -0.2) is 9.10 Å². The Morgan fingerprint density at radius 2 is 1.96 bits per heavy atom. The molecule has 0 bridgehead atoms. The second-order valence-electron chi connectivity index (χ2n) is 8.07. The molecule has 1 aliphatic rings. The van der Waals surface area contributed by atoms with Crippen LogP contribution >= 0.6 is 0 Å². The van der Waals surface area contributed by atoms with Gasteiger partial charge in [-0.2, -0.15) is 0 Å². The molecule has 0 amide bonds. The predicted octanol–water partition coefficient (Wildman–Crippen LogP) is 2.33. The summed E-state index contributed by atoms with van der Waals surface area (Å²) >= 11 is -2.54. The van der Waals surface area contributed by atoms with Crippen LogP contribution < -0.4 is 0 Å². The van der Waals surface area contributed by atoms with Gasteiger partial charge in [-0.15, -0.1) is 0 Å². The van der Waals surface area contributed by atoms with Crippen LogP contribution in [0.25, 0.3) is 0 Å². The lowest BCUT2D eigenvalue weighted by Crippen LogP contribution is -2.54. The van der Waals surface area contributed by atoms with Crippen molar-refractivity contribution in [3.05, 3.63) is 11.6 Å². The zero-order chi connectivity index (χ0) is 20.8. The Morgan fingerprint density at radius 3 is 2.41 bits per heavy atom. The first kappa shape index (κ1) is 24.2. The third kappa shape index (κ3) is 7.27. The molecule has 0 spiro atoms. The lowest BCUT2D eigenvalue weighted by molar-refractivity contribution is -0.140. The van der Waals surface area contributed by atoms with Gasteiger partial charge in [0.05, 0.1) is 18.8 Å². The minimum Gasteiger partial charge on any atom is -0.760 e. The molecule has 4 atom stereocenters. The Balaban J connectivity index is 3.21. The molecule has 0 aromatic carbocycles. The van der Waals surface area contributed by atoms with Crippen LogP contribution in [0.4, 0.5) is 0 Å². The summed E-state index contributed by atoms with van der Waals surface area (Å²) in [6.07, 6.45) is 1.27. The maximum absolute atomic E-state index is 12.3. The fourth-order valence-corrected chi connectivity index (χ4v) is 4.06. The molecule has 7 nitrogen and oxygen atoms in total. The van der Waals surface area contributed by atoms with E-state index in [0.29, 0.717) is 5.57 Å². The maximum atomic E-state index is 12.3. The minimum absolute atomic E-state index is 0.0862. The molecule has 1 rings (SSSR count). The summed E-state index contributed by atoms with van der Waals surface area (Å²) in [4.78, 5) is 12.3. The molecular weight excluding hydrogens is 370 g/mol. The van der Waals surface area contributed by atoms with Gasteiger partial charge in [-0.05, 0) is 37.7 Å². The molecule has 1 aliphatic carbocycles. The van der Waals surface area contributed by atoms with Crippen LogP contribution in [0.15, 0.2) is 11.6 Å². The SMILES string of the molecule is CCOC(=O)C1=C[C@@H](OC(CC)CC)[C@@H](O)[C@H](N(CC(C)(C)C)S(=O)[O-])C1. The van der Waals surface area contributed by atoms with Gasteiger partial charge in [0.15, 0.2) is 0 Å². The van der Waals surface area contributed by atoms with E-state index in [1.165, 1.54) is 4.31 Å². The van der Waals surface area contributed by atoms with Crippen LogP contribution in [0.3, 0.4) is 0 Å². The standard InChI is InChI=1S/C19H35NO6S/c1-7-14(8-2)26-16-11-13(18(22)25-9-3)10-15(17(16)21)20(27(23)24)12-19(4,5)6/h11,14-17,21H,7-10,12H2,1-6H3,(H,23,24)/p-1/t15-,16-,17+/m1/s1. The molecule has 27 heavy (non-hydrogen) atoms. The topological polar surface area (TPSA) is 99.1 Å². The Bertz CT molecular complexity index is 541. The Hall–Kier alpha value is -0.800. The highest BCUT2D eigenvalue weighted by molar-refractivity contribution is 7.76. The number of carbonyl (C=O) groups is 1. The van der Waals surface area contributed by atoms with Crippen molar-refractivity contribution in [2.45, 2.75) is 85.2 Å². The number of rotatable bonds is 9. The molecule has 0 aliphatic heterocycles. The number of nitrogens with zero attached hydrogens (tertiary/aromatic N) is 1. The van der Waals surface area contributed by atoms with Crippen molar-refractivity contribution in [3.63, 3.8) is 0 Å². The summed E-state index contributed by atoms with van der Waals surface area (Å²) in [5.74, 6) is -0.500. The fraction of sp³-hybridized carbons (Fsp3) is 0.842. The highest BCUT2D eigenvalue weighted by atomic mass is 32.2. The van der Waals surface area contributed by atoms with Gasteiger partial charge >= 0.3 is 5.97 Å². The molecule has 0 radical (unpaired) electrons. The van der Waals surface area contributed by atoms with Crippen LogP contribution in [-0.4, -0.2) is 61.6 Å². The maximum Gasteiger partial charge on any atom is 0.333 e. The van der Waals surface area contributed by atoms with Gasteiger partial charge in [0, 0.05) is 23.4 Å². The molecule has 0 aromatic heterocycles. The molecule has 0 aromatic rings. The highest BCUT2D eigenvalue weighted by Crippen LogP contribution is 2.30. The number of aliphatic hydroxyl groups is 1. The Kier molecular flexibility index (Phi) is 9.57. The van der Waals surface area contributed by atoms with Crippen LogP contribution in [0.2, 0.25) is 0 Å². The summed E-state index contributed by atoms with van der Waals surface area (Å²) in [5, 5.41) is 10.9. The molecule has 0 saturated carbocycles. The van der Waals surface area contributed by atoms with E-state index >= 15 is 0 Å². The number of ether oxygens (including phenoxy) is 2. The Morgan fingerprint density at radius 1 is 1.37 bits per heavy atom. The highest BCUT2D eigenvalue weighted by Gasteiger charge is 2.40. The summed E-state index contributed by atoms with van der Waals surface area (Å²) in [6.45, 7) is 11.9. The zero-order valence-electron chi connectivity index (χ0n) is 17.3. The third-order valence-electron chi connectivity index (χ3n) is 4.51. The summed E-state index contributed by atoms with van der Waals surface area (Å²) < 4.78 is 36.1. The van der Waals surface area contributed by atoms with Gasteiger partial charge in [-0.3, -0.25) is 4.21 Å². The molecule has 0 fully saturated rings. The lowest BCUT2D eigenvalue weighted by Gasteiger charge is -2.43. The van der Waals surface area contributed by atoms with E-state index < -0.39 is 35.5 Å². The molecule has 1 N–H and O–H groups in total. The zero-order valence-corrected chi connectivity index (χ0v) is 18.1. The average Bonchev–Trinajstić information content (AvgIpc) is 2.58. The number of hydrogen-bond donors (Lipinski definition) is 1. The molecule has 8 heteroatoms. The number of aliphatic hydroxyl groups excluding tert-OH is 1. The van der Waals surface area contributed by atoms with E-state index in [1.54, 1.807) is 13.0 Å². The van der Waals surface area contributed by atoms with Crippen molar-refractivity contribution in [2.75, 3.05) is 13.2 Å². The molecular formula is C19H34NO6S-. The van der Waals surface area contributed by atoms with Gasteiger partial charge in [0.25, 0.3) is 0 Å². The van der Waals surface area contributed by atoms with Crippen molar-refractivity contribution in [1.82, 2.24) is 4.31 Å². The molecule has 0 saturated heterocycles. The van der Waals surface area contributed by atoms with E-state index in [9.17, 15) is 18.7 Å². The quantitative estimate of drug-likeness (QED) is 0.468. The van der Waals surface area contributed by atoms with Crippen LogP contribution in [0, 0.1) is 5.41 Å². The van der Waals surface area contributed by atoms with Crippen LogP contribution in [-0.2, 0) is 25.5 Å². The summed E-state index contributed by atoms with van der Waals surface area (Å²) in [5.41, 5.74) is 0.0315. The third-order valence-corrected chi connectivity index (χ3v) is 5.30.